The fourth-order valence-corrected chi connectivity index (χ4v) is 2.44. The molecule has 12 heteroatoms. The quantitative estimate of drug-likeness (QED) is 0.383. The van der Waals surface area contributed by atoms with Gasteiger partial charge in [0.25, 0.3) is 0 Å². The molecule has 0 saturated carbocycles. The maximum atomic E-state index is 13.4. The Balaban J connectivity index is 3.21. The van der Waals surface area contributed by atoms with Gasteiger partial charge in [-0.15, -0.1) is 4.89 Å². The van der Waals surface area contributed by atoms with E-state index in [1.54, 1.807) is 0 Å². The maximum Gasteiger partial charge on any atom is 0.697 e. The number of rotatable bonds is 5. The molecule has 20 heavy (non-hydrogen) atoms. The highest BCUT2D eigenvalue weighted by Gasteiger charge is 2.39. The molecule has 0 aliphatic heterocycles. The molecule has 0 aliphatic rings. The number of hydrogen-bond acceptors (Lipinski definition) is 5. The monoisotopic (exact) mass is 337 g/mol. The van der Waals surface area contributed by atoms with Gasteiger partial charge in [0.2, 0.25) is 6.79 Å². The van der Waals surface area contributed by atoms with E-state index in [0.717, 1.165) is 0 Å². The van der Waals surface area contributed by atoms with Gasteiger partial charge >= 0.3 is 24.5 Å². The predicted octanol–water partition coefficient (Wildman–Crippen LogP) is 2.17. The van der Waals surface area contributed by atoms with Crippen LogP contribution in [0.3, 0.4) is 0 Å². The van der Waals surface area contributed by atoms with Gasteiger partial charge in [-0.2, -0.15) is 21.6 Å². The van der Waals surface area contributed by atoms with E-state index in [2.05, 4.69) is 8.71 Å². The zero-order valence-electron chi connectivity index (χ0n) is 9.29. The molecule has 1 atom stereocenters. The highest BCUT2D eigenvalue weighted by molar-refractivity contribution is 7.86. The van der Waals surface area contributed by atoms with Gasteiger partial charge in [0.1, 0.15) is 10.7 Å². The summed E-state index contributed by atoms with van der Waals surface area (Å²) in [6.45, 7) is -1.33. The third kappa shape index (κ3) is 4.18. The molecular weight excluding hydrogens is 331 g/mol. The first-order valence-electron chi connectivity index (χ1n) is 4.60. The van der Waals surface area contributed by atoms with Crippen LogP contribution in [0.4, 0.5) is 17.6 Å². The smallest absolute Gasteiger partial charge is 0.232 e. The average Bonchev–Trinajstić information content (AvgIpc) is 2.26. The molecule has 1 aromatic carbocycles. The van der Waals surface area contributed by atoms with Crippen molar-refractivity contribution in [3.05, 3.63) is 29.6 Å². The fraction of sp³-hybridized carbons (Fsp3) is 0.250. The molecule has 0 radical (unpaired) electrons. The minimum Gasteiger partial charge on any atom is -0.232 e. The molecule has 0 amide bonds. The largest absolute Gasteiger partial charge is 0.697 e. The van der Waals surface area contributed by atoms with Crippen LogP contribution in [-0.4, -0.2) is 20.1 Å². The minimum atomic E-state index is -5.16. The van der Waals surface area contributed by atoms with Gasteiger partial charge in [-0.05, 0) is 12.1 Å². The normalized spacial score (nSPS) is 13.3. The summed E-state index contributed by atoms with van der Waals surface area (Å²) in [5.74, 6) is -1.67. The molecule has 0 aromatic heterocycles. The Bertz CT molecular complexity index is 614. The summed E-state index contributed by atoms with van der Waals surface area (Å²) in [4.78, 5) is 6.50. The number of halogens is 4. The lowest BCUT2D eigenvalue weighted by molar-refractivity contribution is -0.140. The molecule has 0 spiro atoms. The van der Waals surface area contributed by atoms with E-state index in [1.165, 1.54) is 0 Å². The minimum absolute atomic E-state index is 0.354. The molecule has 1 unspecified atom stereocenters. The summed E-state index contributed by atoms with van der Waals surface area (Å²) < 4.78 is 92.0. The van der Waals surface area contributed by atoms with Crippen LogP contribution in [0.2, 0.25) is 0 Å². The second-order valence-corrected chi connectivity index (χ2v) is 5.46. The van der Waals surface area contributed by atoms with Crippen molar-refractivity contribution in [2.24, 2.45) is 0 Å². The van der Waals surface area contributed by atoms with Gasteiger partial charge in [-0.1, -0.05) is 10.6 Å². The first-order valence-corrected chi connectivity index (χ1v) is 7.14. The molecule has 0 saturated heterocycles. The second kappa shape index (κ2) is 6.10. The summed E-state index contributed by atoms with van der Waals surface area (Å²) in [6.07, 6.45) is -5.13. The van der Waals surface area contributed by atoms with Gasteiger partial charge in [0.05, 0.1) is 5.56 Å². The van der Waals surface area contributed by atoms with Gasteiger partial charge in [0.15, 0.2) is 0 Å². The Morgan fingerprint density at radius 2 is 1.90 bits per heavy atom. The van der Waals surface area contributed by atoms with Crippen LogP contribution in [-0.2, 0) is 29.6 Å². The van der Waals surface area contributed by atoms with Crippen LogP contribution < -0.4 is 0 Å². The van der Waals surface area contributed by atoms with Crippen molar-refractivity contribution in [2.75, 3.05) is 6.79 Å². The summed E-state index contributed by atoms with van der Waals surface area (Å²) in [5.41, 5.74) is -1.76. The van der Waals surface area contributed by atoms with E-state index in [0.29, 0.717) is 18.2 Å². The van der Waals surface area contributed by atoms with E-state index in [9.17, 15) is 30.5 Å². The third-order valence-electron chi connectivity index (χ3n) is 1.89. The highest BCUT2D eigenvalue weighted by atomic mass is 32.2. The van der Waals surface area contributed by atoms with Gasteiger partial charge < -0.3 is 0 Å². The Kier molecular flexibility index (Phi) is 5.16. The van der Waals surface area contributed by atoms with Crippen LogP contribution in [0.1, 0.15) is 5.56 Å². The molecule has 0 heterocycles. The van der Waals surface area contributed by atoms with Crippen LogP contribution in [0.15, 0.2) is 23.1 Å². The van der Waals surface area contributed by atoms with Crippen LogP contribution in [0.5, 0.6) is 0 Å². The summed E-state index contributed by atoms with van der Waals surface area (Å²) in [6, 6.07) is 1.53. The Morgan fingerprint density at radius 3 is 2.40 bits per heavy atom. The van der Waals surface area contributed by atoms with Crippen molar-refractivity contribution in [2.45, 2.75) is 11.1 Å². The lowest BCUT2D eigenvalue weighted by Crippen LogP contribution is -2.17. The van der Waals surface area contributed by atoms with Gasteiger partial charge in [-0.25, -0.2) is 8.57 Å². The summed E-state index contributed by atoms with van der Waals surface area (Å²) >= 11 is 0. The first-order chi connectivity index (χ1) is 9.05. The van der Waals surface area contributed by atoms with E-state index in [1.807, 2.05) is 0 Å². The van der Waals surface area contributed by atoms with E-state index >= 15 is 0 Å². The molecule has 1 N–H and O–H groups in total. The molecule has 6 nitrogen and oxygen atoms in total. The SMILES string of the molecule is O=[P+](O)OCOS(=O)(=O)c1c(F)cccc1C(F)(F)F. The van der Waals surface area contributed by atoms with Crippen LogP contribution in [0.25, 0.3) is 0 Å². The van der Waals surface area contributed by atoms with Crippen molar-refractivity contribution in [3.8, 4) is 0 Å². The molecule has 112 valence electrons. The Hall–Kier alpha value is -1.13. The van der Waals surface area contributed by atoms with Gasteiger partial charge in [0, 0.05) is 4.57 Å². The van der Waals surface area contributed by atoms with Crippen LogP contribution in [0, 0.1) is 5.82 Å². The van der Waals surface area contributed by atoms with Gasteiger partial charge in [-0.3, -0.25) is 0 Å². The number of benzene rings is 1. The molecular formula is C8H6F4O6PS+. The fourth-order valence-electron chi connectivity index (χ4n) is 1.18. The summed E-state index contributed by atoms with van der Waals surface area (Å²) in [7, 11) is -8.38. The van der Waals surface area contributed by atoms with E-state index < -0.39 is 47.6 Å². The van der Waals surface area contributed by atoms with Crippen molar-refractivity contribution in [1.29, 1.82) is 0 Å². The topological polar surface area (TPSA) is 89.9 Å². The van der Waals surface area contributed by atoms with Crippen molar-refractivity contribution in [1.82, 2.24) is 0 Å². The molecule has 0 bridgehead atoms. The van der Waals surface area contributed by atoms with Crippen molar-refractivity contribution in [3.63, 3.8) is 0 Å². The van der Waals surface area contributed by atoms with E-state index in [-0.39, 0.29) is 0 Å². The molecule has 1 rings (SSSR count). The molecule has 1 aromatic rings. The molecule has 0 fully saturated rings. The highest BCUT2D eigenvalue weighted by Crippen LogP contribution is 2.36. The predicted molar refractivity (Wildman–Crippen MR) is 55.5 cm³/mol. The number of alkyl halides is 3. The molecule has 0 aliphatic carbocycles. The standard InChI is InChI=1S/C8H5F4O6PS/c9-6-3-1-2-5(8(10,11)12)7(6)20(15,16)18-4-17-19(13)14/h1-3H,4H2/p+1. The maximum absolute atomic E-state index is 13.4. The number of hydrogen-bond donors (Lipinski definition) is 1. The first kappa shape index (κ1) is 16.9. The van der Waals surface area contributed by atoms with Crippen molar-refractivity contribution < 1.29 is 44.1 Å². The average molecular weight is 337 g/mol. The third-order valence-corrected chi connectivity index (χ3v) is 3.54. The summed E-state index contributed by atoms with van der Waals surface area (Å²) in [5, 5.41) is 0. The Morgan fingerprint density at radius 1 is 1.30 bits per heavy atom. The zero-order chi connectivity index (χ0) is 15.6. The van der Waals surface area contributed by atoms with E-state index in [4.69, 9.17) is 4.89 Å². The second-order valence-electron chi connectivity index (χ2n) is 3.17. The lowest BCUT2D eigenvalue weighted by Gasteiger charge is -2.12. The van der Waals surface area contributed by atoms with Crippen LogP contribution >= 0.6 is 8.25 Å². The lowest BCUT2D eigenvalue weighted by atomic mass is 10.2. The Labute approximate surface area is 111 Å². The zero-order valence-corrected chi connectivity index (χ0v) is 11.0. The van der Waals surface area contributed by atoms with Crippen molar-refractivity contribution >= 4 is 18.4 Å².